The summed E-state index contributed by atoms with van der Waals surface area (Å²) in [5, 5.41) is 19.3. The van der Waals surface area contributed by atoms with E-state index in [9.17, 15) is 19.5 Å². The number of aliphatic hydroxyl groups is 1. The van der Waals surface area contributed by atoms with Gasteiger partial charge in [-0.25, -0.2) is 0 Å². The molecule has 198 valence electrons. The van der Waals surface area contributed by atoms with Crippen molar-refractivity contribution in [1.82, 2.24) is 16.0 Å². The number of aliphatic hydroxyl groups excluding tert-OH is 1. The topological polar surface area (TPSA) is 134 Å². The summed E-state index contributed by atoms with van der Waals surface area (Å²) in [7, 11) is 0. The summed E-state index contributed by atoms with van der Waals surface area (Å²) in [6, 6.07) is -1.36. The lowest BCUT2D eigenvalue weighted by atomic mass is 9.81. The molecule has 8 heteroatoms. The Balaban J connectivity index is 2.73. The number of amides is 2. The zero-order valence-corrected chi connectivity index (χ0v) is 21.9. The Morgan fingerprint density at radius 3 is 2.47 bits per heavy atom. The molecule has 1 rings (SSSR count). The Kier molecular flexibility index (Phi) is 14.6. The quantitative estimate of drug-likeness (QED) is 0.160. The average molecular weight is 483 g/mol. The average Bonchev–Trinajstić information content (AvgIpc) is 2.79. The molecular formula is C26H50N4O4. The zero-order valence-electron chi connectivity index (χ0n) is 21.9. The number of rotatable bonds is 17. The van der Waals surface area contributed by atoms with E-state index < -0.39 is 23.5 Å². The molecule has 0 saturated carbocycles. The second-order valence-corrected chi connectivity index (χ2v) is 10.7. The fourth-order valence-corrected chi connectivity index (χ4v) is 4.82. The third kappa shape index (κ3) is 11.3. The molecule has 0 bridgehead atoms. The first kappa shape index (κ1) is 30.5. The van der Waals surface area contributed by atoms with E-state index in [0.717, 1.165) is 32.1 Å². The van der Waals surface area contributed by atoms with Crippen molar-refractivity contribution in [3.8, 4) is 0 Å². The van der Waals surface area contributed by atoms with Crippen LogP contribution in [0.5, 0.6) is 0 Å². The zero-order chi connectivity index (χ0) is 25.6. The minimum Gasteiger partial charge on any atom is -0.391 e. The van der Waals surface area contributed by atoms with Crippen LogP contribution < -0.4 is 21.7 Å². The van der Waals surface area contributed by atoms with Crippen molar-refractivity contribution < 1.29 is 19.5 Å². The molecule has 2 amide bonds. The van der Waals surface area contributed by atoms with Crippen molar-refractivity contribution in [3.05, 3.63) is 0 Å². The molecule has 1 aliphatic rings. The molecule has 1 aliphatic heterocycles. The van der Waals surface area contributed by atoms with Gasteiger partial charge in [0.1, 0.15) is 12.3 Å². The summed E-state index contributed by atoms with van der Waals surface area (Å²) < 4.78 is 0. The number of unbranched alkanes of at least 4 members (excludes halogenated alkanes) is 5. The Bertz CT molecular complexity index is 612. The molecule has 0 aromatic rings. The van der Waals surface area contributed by atoms with E-state index in [-0.39, 0.29) is 23.8 Å². The van der Waals surface area contributed by atoms with E-state index in [2.05, 4.69) is 22.9 Å². The number of nitrogens with two attached hydrogens (primary N) is 1. The van der Waals surface area contributed by atoms with Crippen LogP contribution in [0.25, 0.3) is 0 Å². The monoisotopic (exact) mass is 482 g/mol. The van der Waals surface area contributed by atoms with Gasteiger partial charge in [-0.15, -0.1) is 0 Å². The van der Waals surface area contributed by atoms with Crippen LogP contribution in [0.4, 0.5) is 0 Å². The Morgan fingerprint density at radius 2 is 1.85 bits per heavy atom. The molecule has 6 N–H and O–H groups in total. The lowest BCUT2D eigenvalue weighted by Crippen LogP contribution is -2.57. The van der Waals surface area contributed by atoms with Gasteiger partial charge in [0.25, 0.3) is 0 Å². The summed E-state index contributed by atoms with van der Waals surface area (Å²) >= 11 is 0. The number of hydrogen-bond acceptors (Lipinski definition) is 6. The van der Waals surface area contributed by atoms with Gasteiger partial charge in [-0.2, -0.15) is 0 Å². The smallest absolute Gasteiger partial charge is 0.245 e. The van der Waals surface area contributed by atoms with Gasteiger partial charge in [-0.3, -0.25) is 9.59 Å². The highest BCUT2D eigenvalue weighted by Gasteiger charge is 2.35. The standard InChI is InChI=1S/C26H50N4O4/c1-5-6-7-8-9-10-11-20-13-15-28-17-22(20)24(33)30-23(19(2)32)25(34)29-21(12-14-27)16-26(3,4)18-31/h18-23,28,32H,5-17,27H2,1-4H3,(H,29,34)(H,30,33)/t19-,20?,21-,22?,23-/m0/s1. The van der Waals surface area contributed by atoms with Crippen LogP contribution in [0.15, 0.2) is 0 Å². The van der Waals surface area contributed by atoms with Gasteiger partial charge < -0.3 is 31.6 Å². The highest BCUT2D eigenvalue weighted by Crippen LogP contribution is 2.26. The van der Waals surface area contributed by atoms with Crippen molar-refractivity contribution in [3.63, 3.8) is 0 Å². The lowest BCUT2D eigenvalue weighted by molar-refractivity contribution is -0.135. The van der Waals surface area contributed by atoms with E-state index in [1.165, 1.54) is 39.0 Å². The second-order valence-electron chi connectivity index (χ2n) is 10.7. The van der Waals surface area contributed by atoms with Crippen molar-refractivity contribution in [2.24, 2.45) is 23.0 Å². The van der Waals surface area contributed by atoms with Crippen molar-refractivity contribution in [2.75, 3.05) is 19.6 Å². The summed E-state index contributed by atoms with van der Waals surface area (Å²) in [6.45, 7) is 9.18. The molecule has 0 radical (unpaired) electrons. The van der Waals surface area contributed by atoms with Crippen LogP contribution in [-0.2, 0) is 14.4 Å². The second kappa shape index (κ2) is 16.2. The van der Waals surface area contributed by atoms with Gasteiger partial charge in [0.05, 0.1) is 12.0 Å². The highest BCUT2D eigenvalue weighted by atomic mass is 16.3. The predicted octanol–water partition coefficient (Wildman–Crippen LogP) is 2.28. The third-order valence-electron chi connectivity index (χ3n) is 6.91. The molecular weight excluding hydrogens is 432 g/mol. The maximum absolute atomic E-state index is 13.2. The van der Waals surface area contributed by atoms with Crippen molar-refractivity contribution in [2.45, 2.75) is 110 Å². The Morgan fingerprint density at radius 1 is 1.18 bits per heavy atom. The number of aldehydes is 1. The van der Waals surface area contributed by atoms with Gasteiger partial charge in [-0.1, -0.05) is 59.3 Å². The maximum atomic E-state index is 13.2. The van der Waals surface area contributed by atoms with Crippen LogP contribution in [0.2, 0.25) is 0 Å². The number of nitrogens with one attached hydrogen (secondary N) is 3. The molecule has 0 spiro atoms. The number of hydrogen-bond donors (Lipinski definition) is 5. The molecule has 34 heavy (non-hydrogen) atoms. The number of piperidine rings is 1. The minimum absolute atomic E-state index is 0.187. The van der Waals surface area contributed by atoms with E-state index in [4.69, 9.17) is 5.73 Å². The van der Waals surface area contributed by atoms with Gasteiger partial charge in [0.15, 0.2) is 0 Å². The van der Waals surface area contributed by atoms with Gasteiger partial charge >= 0.3 is 0 Å². The molecule has 5 atom stereocenters. The first-order valence-electron chi connectivity index (χ1n) is 13.3. The highest BCUT2D eigenvalue weighted by molar-refractivity contribution is 5.89. The van der Waals surface area contributed by atoms with Crippen molar-refractivity contribution >= 4 is 18.1 Å². The van der Waals surface area contributed by atoms with Crippen LogP contribution >= 0.6 is 0 Å². The van der Waals surface area contributed by atoms with Crippen molar-refractivity contribution in [1.29, 1.82) is 0 Å². The van der Waals surface area contributed by atoms with Crippen LogP contribution in [0.3, 0.4) is 0 Å². The van der Waals surface area contributed by atoms with Crippen LogP contribution in [0, 0.1) is 17.3 Å². The summed E-state index contributed by atoms with van der Waals surface area (Å²) in [5.74, 6) is -0.566. The predicted molar refractivity (Wildman–Crippen MR) is 136 cm³/mol. The van der Waals surface area contributed by atoms with E-state index in [1.807, 2.05) is 13.8 Å². The molecule has 0 aliphatic carbocycles. The molecule has 1 fully saturated rings. The summed E-state index contributed by atoms with van der Waals surface area (Å²) in [5.41, 5.74) is 5.10. The van der Waals surface area contributed by atoms with E-state index in [0.29, 0.717) is 25.9 Å². The summed E-state index contributed by atoms with van der Waals surface area (Å²) in [4.78, 5) is 37.5. The van der Waals surface area contributed by atoms with Gasteiger partial charge in [-0.05, 0) is 51.6 Å². The fourth-order valence-electron chi connectivity index (χ4n) is 4.82. The molecule has 1 saturated heterocycles. The van der Waals surface area contributed by atoms with E-state index >= 15 is 0 Å². The molecule has 8 nitrogen and oxygen atoms in total. The SMILES string of the molecule is CCCCCCCCC1CCNCC1C(=O)N[C@H](C(=O)N[C@@H](CCN)CC(C)(C)C=O)[C@H](C)O. The maximum Gasteiger partial charge on any atom is 0.245 e. The molecule has 0 aromatic carbocycles. The minimum atomic E-state index is -1.05. The van der Waals surface area contributed by atoms with Crippen LogP contribution in [-0.4, -0.2) is 61.0 Å². The van der Waals surface area contributed by atoms with Crippen LogP contribution in [0.1, 0.15) is 91.9 Å². The first-order chi connectivity index (χ1) is 16.1. The Labute approximate surface area is 206 Å². The summed E-state index contributed by atoms with van der Waals surface area (Å²) in [6.07, 6.45) is 10.1. The van der Waals surface area contributed by atoms with Gasteiger partial charge in [0.2, 0.25) is 11.8 Å². The van der Waals surface area contributed by atoms with Gasteiger partial charge in [0, 0.05) is 18.0 Å². The third-order valence-corrected chi connectivity index (χ3v) is 6.91. The lowest BCUT2D eigenvalue weighted by Gasteiger charge is -2.33. The molecule has 0 aromatic heterocycles. The van der Waals surface area contributed by atoms with E-state index in [1.54, 1.807) is 0 Å². The molecule has 2 unspecified atom stereocenters. The fraction of sp³-hybridized carbons (Fsp3) is 0.885. The largest absolute Gasteiger partial charge is 0.391 e. The Hall–Kier alpha value is -1.51. The normalized spacial score (nSPS) is 21.4. The number of carbonyl (C=O) groups is 3. The molecule has 1 heterocycles. The first-order valence-corrected chi connectivity index (χ1v) is 13.3. The number of carbonyl (C=O) groups excluding carboxylic acids is 3.